The largest absolute Gasteiger partial charge is 1.00 e. The van der Waals surface area contributed by atoms with Crippen LogP contribution < -0.4 is 25.5 Å². The predicted molar refractivity (Wildman–Crippen MR) is 102 cm³/mol. The summed E-state index contributed by atoms with van der Waals surface area (Å²) < 4.78 is 82.4. The summed E-state index contributed by atoms with van der Waals surface area (Å²) in [5.74, 6) is 0.0561. The van der Waals surface area contributed by atoms with E-state index >= 15 is 0 Å². The van der Waals surface area contributed by atoms with E-state index < -0.39 is 23.5 Å². The van der Waals surface area contributed by atoms with E-state index in [0.29, 0.717) is 0 Å². The molecule has 11 heteroatoms. The van der Waals surface area contributed by atoms with Gasteiger partial charge in [-0.15, -0.1) is 11.8 Å². The lowest BCUT2D eigenvalue weighted by Gasteiger charge is -2.14. The van der Waals surface area contributed by atoms with Gasteiger partial charge in [-0.2, -0.15) is 26.3 Å². The van der Waals surface area contributed by atoms with Crippen molar-refractivity contribution in [2.75, 3.05) is 13.1 Å². The first kappa shape index (κ1) is 24.7. The van der Waals surface area contributed by atoms with Crippen LogP contribution in [0.3, 0.4) is 0 Å². The Kier molecular flexibility index (Phi) is 8.31. The molecular formula is C18H18BrF6NS3. The van der Waals surface area contributed by atoms with E-state index in [2.05, 4.69) is 4.58 Å². The van der Waals surface area contributed by atoms with Crippen LogP contribution in [0.5, 0.6) is 0 Å². The zero-order valence-corrected chi connectivity index (χ0v) is 19.3. The normalized spacial score (nSPS) is 15.3. The maximum atomic E-state index is 13.0. The number of halogens is 7. The number of nitrogens with zero attached hydrogens (tertiary/aromatic N) is 1. The summed E-state index contributed by atoms with van der Waals surface area (Å²) in [5.41, 5.74) is -2.51. The number of hydrogen-bond donors (Lipinski definition) is 0. The maximum absolute atomic E-state index is 13.0. The molecule has 1 nitrogen and oxygen atoms in total. The molecular weight excluding hydrogens is 520 g/mol. The first-order valence-corrected chi connectivity index (χ1v) is 11.3. The Bertz CT molecular complexity index is 873. The third-order valence-corrected chi connectivity index (χ3v) is 8.62. The quantitative estimate of drug-likeness (QED) is 0.329. The van der Waals surface area contributed by atoms with Gasteiger partial charge < -0.3 is 17.0 Å². The van der Waals surface area contributed by atoms with Crippen molar-refractivity contribution in [1.82, 2.24) is 4.58 Å². The Balaban J connectivity index is 0.00000300. The van der Waals surface area contributed by atoms with Crippen LogP contribution in [-0.2, 0) is 18.1 Å². The highest BCUT2D eigenvalue weighted by Crippen LogP contribution is 2.38. The summed E-state index contributed by atoms with van der Waals surface area (Å²) in [6.07, 6.45) is -6.15. The second-order valence-electron chi connectivity index (χ2n) is 6.56. The minimum atomic E-state index is -4.82. The number of rotatable bonds is 3. The minimum Gasteiger partial charge on any atom is -1.00 e. The molecule has 1 aromatic heterocycles. The van der Waals surface area contributed by atoms with Gasteiger partial charge in [-0.25, -0.2) is 4.58 Å². The van der Waals surface area contributed by atoms with Crippen LogP contribution in [0.4, 0.5) is 26.3 Å². The molecule has 1 aliphatic rings. The van der Waals surface area contributed by atoms with E-state index in [4.69, 9.17) is 0 Å². The zero-order valence-electron chi connectivity index (χ0n) is 15.3. The van der Waals surface area contributed by atoms with Crippen LogP contribution >= 0.6 is 34.4 Å². The average molecular weight is 538 g/mol. The first-order chi connectivity index (χ1) is 13.0. The van der Waals surface area contributed by atoms with Gasteiger partial charge in [-0.1, -0.05) is 11.3 Å². The Morgan fingerprint density at radius 3 is 1.97 bits per heavy atom. The van der Waals surface area contributed by atoms with Gasteiger partial charge in [0.25, 0.3) is 0 Å². The second-order valence-corrected chi connectivity index (χ2v) is 10.3. The molecule has 0 atom stereocenters. The maximum Gasteiger partial charge on any atom is 0.416 e. The molecule has 0 aliphatic carbocycles. The molecule has 0 bridgehead atoms. The van der Waals surface area contributed by atoms with Gasteiger partial charge in [-0.3, -0.25) is 0 Å². The molecule has 1 aliphatic heterocycles. The van der Waals surface area contributed by atoms with Crippen molar-refractivity contribution in [3.8, 4) is 0 Å². The standard InChI is InChI=1S/C18H18F6NS3.BrH/c1-11-15(28-16(27-11)25-5-3-2-4-6-25)26-10-12-7-13(17(19,20)21)9-14(8-12)18(22,23)24;/h7-9H,2-6,10H2,1H3;1H/q+1;/p-1. The number of aryl methyl sites for hydroxylation is 1. The van der Waals surface area contributed by atoms with Gasteiger partial charge in [0.15, 0.2) is 0 Å². The van der Waals surface area contributed by atoms with Gasteiger partial charge in [0.2, 0.25) is 0 Å². The first-order valence-electron chi connectivity index (χ1n) is 8.63. The molecule has 2 heterocycles. The van der Waals surface area contributed by atoms with Gasteiger partial charge in [0, 0.05) is 23.5 Å². The number of alkyl halides is 6. The number of benzene rings is 1. The van der Waals surface area contributed by atoms with E-state index in [0.717, 1.165) is 51.1 Å². The second kappa shape index (κ2) is 9.74. The molecule has 0 spiro atoms. The van der Waals surface area contributed by atoms with Gasteiger partial charge >= 0.3 is 16.3 Å². The van der Waals surface area contributed by atoms with Crippen molar-refractivity contribution in [2.45, 2.75) is 48.5 Å². The highest BCUT2D eigenvalue weighted by atomic mass is 79.9. The summed E-state index contributed by atoms with van der Waals surface area (Å²) in [6.45, 7) is 3.91. The van der Waals surface area contributed by atoms with Crippen LogP contribution in [0.25, 0.3) is 0 Å². The van der Waals surface area contributed by atoms with E-state index in [9.17, 15) is 26.3 Å². The van der Waals surface area contributed by atoms with Crippen LogP contribution in [-0.4, -0.2) is 13.1 Å². The summed E-state index contributed by atoms with van der Waals surface area (Å²) in [5, 5.41) is 0. The Morgan fingerprint density at radius 1 is 0.897 bits per heavy atom. The van der Waals surface area contributed by atoms with Crippen molar-refractivity contribution in [3.63, 3.8) is 0 Å². The summed E-state index contributed by atoms with van der Waals surface area (Å²) in [7, 11) is 0. The van der Waals surface area contributed by atoms with Crippen molar-refractivity contribution >= 4 is 34.4 Å². The number of piperidine rings is 1. The fourth-order valence-corrected chi connectivity index (χ4v) is 7.02. The van der Waals surface area contributed by atoms with Gasteiger partial charge in [0.05, 0.1) is 15.3 Å². The average Bonchev–Trinajstić information content (AvgIpc) is 3.00. The molecule has 0 saturated carbocycles. The monoisotopic (exact) mass is 537 g/mol. The van der Waals surface area contributed by atoms with Gasteiger partial charge in [-0.05, 0) is 48.4 Å². The molecule has 1 saturated heterocycles. The Morgan fingerprint density at radius 2 is 1.45 bits per heavy atom. The molecule has 1 aromatic carbocycles. The Labute approximate surface area is 187 Å². The van der Waals surface area contributed by atoms with Crippen LogP contribution in [0.2, 0.25) is 0 Å². The lowest BCUT2D eigenvalue weighted by molar-refractivity contribution is -0.143. The fraction of sp³-hybridized carbons (Fsp3) is 0.500. The van der Waals surface area contributed by atoms with Crippen molar-refractivity contribution in [3.05, 3.63) is 43.8 Å². The molecule has 0 amide bonds. The van der Waals surface area contributed by atoms with Crippen LogP contribution in [0.1, 0.15) is 40.8 Å². The highest BCUT2D eigenvalue weighted by molar-refractivity contribution is 8.00. The molecule has 1 fully saturated rings. The number of hydrogen-bond acceptors (Lipinski definition) is 3. The molecule has 29 heavy (non-hydrogen) atoms. The third-order valence-electron chi connectivity index (χ3n) is 4.34. The molecule has 0 radical (unpaired) electrons. The van der Waals surface area contributed by atoms with E-state index in [-0.39, 0.29) is 34.4 Å². The third kappa shape index (κ3) is 6.48. The molecule has 0 unspecified atom stereocenters. The Hall–Kier alpha value is -0.520. The van der Waals surface area contributed by atoms with E-state index in [1.807, 2.05) is 6.92 Å². The van der Waals surface area contributed by atoms with Gasteiger partial charge in [0.1, 0.15) is 13.1 Å². The van der Waals surface area contributed by atoms with Crippen LogP contribution in [0, 0.1) is 6.92 Å². The lowest BCUT2D eigenvalue weighted by atomic mass is 10.1. The topological polar surface area (TPSA) is 3.01 Å². The smallest absolute Gasteiger partial charge is 0.416 e. The summed E-state index contributed by atoms with van der Waals surface area (Å²) in [4.78, 5) is 1.04. The highest BCUT2D eigenvalue weighted by Gasteiger charge is 2.36. The molecule has 162 valence electrons. The van der Waals surface area contributed by atoms with Crippen LogP contribution in [0.15, 0.2) is 22.4 Å². The lowest BCUT2D eigenvalue weighted by Crippen LogP contribution is -3.00. The summed E-state index contributed by atoms with van der Waals surface area (Å²) in [6, 6.07) is 1.78. The predicted octanol–water partition coefficient (Wildman–Crippen LogP) is 3.41. The summed E-state index contributed by atoms with van der Waals surface area (Å²) >= 11 is 4.49. The van der Waals surface area contributed by atoms with Crippen molar-refractivity contribution in [1.29, 1.82) is 0 Å². The fourth-order valence-electron chi connectivity index (χ4n) is 2.93. The minimum absolute atomic E-state index is 0. The van der Waals surface area contributed by atoms with Crippen molar-refractivity contribution in [2.24, 2.45) is 0 Å². The van der Waals surface area contributed by atoms with Crippen molar-refractivity contribution < 1.29 is 43.3 Å². The molecule has 3 rings (SSSR count). The number of thioether (sulfide) groups is 1. The van der Waals surface area contributed by atoms with E-state index in [1.165, 1.54) is 18.2 Å². The SMILES string of the molecule is Cc1sc(=[N+]2CCCCC2)sc1SCc1cc(C(F)(F)F)cc(C(F)(F)F)c1.[Br-]. The zero-order chi connectivity index (χ0) is 20.5. The molecule has 2 aromatic rings. The molecule has 0 N–H and O–H groups in total. The van der Waals surface area contributed by atoms with E-state index in [1.54, 1.807) is 22.7 Å².